The van der Waals surface area contributed by atoms with Crippen molar-refractivity contribution < 1.29 is 9.90 Å². The Balaban J connectivity index is 1.47. The van der Waals surface area contributed by atoms with Gasteiger partial charge in [-0.05, 0) is 31.5 Å². The first-order chi connectivity index (χ1) is 10.7. The fourth-order valence-corrected chi connectivity index (χ4v) is 3.32. The van der Waals surface area contributed by atoms with Crippen molar-refractivity contribution in [2.45, 2.75) is 18.9 Å². The van der Waals surface area contributed by atoms with E-state index in [4.69, 9.17) is 0 Å². The molecule has 1 aromatic rings. The molecule has 0 radical (unpaired) electrons. The number of hydrogen-bond donors (Lipinski definition) is 1. The number of benzene rings is 1. The number of piperidine rings is 1. The van der Waals surface area contributed by atoms with E-state index in [0.717, 1.165) is 45.6 Å². The predicted molar refractivity (Wildman–Crippen MR) is 86.9 cm³/mol. The van der Waals surface area contributed by atoms with Crippen molar-refractivity contribution in [2.75, 3.05) is 50.7 Å². The summed E-state index contributed by atoms with van der Waals surface area (Å²) in [5, 5.41) is 9.69. The lowest BCUT2D eigenvalue weighted by Gasteiger charge is -2.37. The Hall–Kier alpha value is -1.59. The zero-order valence-corrected chi connectivity index (χ0v) is 13.0. The molecule has 2 aliphatic heterocycles. The smallest absolute Gasteiger partial charge is 0.236 e. The third-order valence-electron chi connectivity index (χ3n) is 4.59. The van der Waals surface area contributed by atoms with Crippen LogP contribution in [0.5, 0.6) is 0 Å². The van der Waals surface area contributed by atoms with Crippen molar-refractivity contribution in [3.63, 3.8) is 0 Å². The highest BCUT2D eigenvalue weighted by Crippen LogP contribution is 2.16. The van der Waals surface area contributed by atoms with Crippen LogP contribution in [0.15, 0.2) is 30.3 Å². The largest absolute Gasteiger partial charge is 0.392 e. The Labute approximate surface area is 132 Å². The summed E-state index contributed by atoms with van der Waals surface area (Å²) in [5.74, 6) is 0.196. The number of β-amino-alcohol motifs (C(OH)–C–C–N with tert-alkyl or cyclic N) is 1. The summed E-state index contributed by atoms with van der Waals surface area (Å²) in [5.41, 5.74) is 1.23. The maximum atomic E-state index is 12.4. The van der Waals surface area contributed by atoms with Crippen LogP contribution in [0.4, 0.5) is 5.69 Å². The molecule has 5 heteroatoms. The lowest BCUT2D eigenvalue weighted by Crippen LogP contribution is -2.52. The molecule has 2 fully saturated rings. The standard InChI is InChI=1S/C17H25N3O2/c21-16-7-4-8-18(13-16)14-17(22)20-11-9-19(10-12-20)15-5-2-1-3-6-15/h1-3,5-6,16,21H,4,7-14H2. The van der Waals surface area contributed by atoms with Crippen molar-refractivity contribution in [1.29, 1.82) is 0 Å². The highest BCUT2D eigenvalue weighted by molar-refractivity contribution is 5.78. The number of piperazine rings is 1. The van der Waals surface area contributed by atoms with Crippen LogP contribution >= 0.6 is 0 Å². The molecule has 22 heavy (non-hydrogen) atoms. The number of hydrogen-bond acceptors (Lipinski definition) is 4. The second kappa shape index (κ2) is 7.11. The van der Waals surface area contributed by atoms with Crippen LogP contribution in [0.2, 0.25) is 0 Å². The van der Waals surface area contributed by atoms with Gasteiger partial charge in [0.2, 0.25) is 5.91 Å². The number of aliphatic hydroxyl groups is 1. The highest BCUT2D eigenvalue weighted by Gasteiger charge is 2.25. The fraction of sp³-hybridized carbons (Fsp3) is 0.588. The number of aliphatic hydroxyl groups excluding tert-OH is 1. The Morgan fingerprint density at radius 1 is 1.09 bits per heavy atom. The number of rotatable bonds is 3. The number of anilines is 1. The predicted octanol–water partition coefficient (Wildman–Crippen LogP) is 0.792. The molecule has 2 aliphatic rings. The third-order valence-corrected chi connectivity index (χ3v) is 4.59. The number of para-hydroxylation sites is 1. The number of likely N-dealkylation sites (tertiary alicyclic amines) is 1. The molecule has 1 atom stereocenters. The molecule has 0 aliphatic carbocycles. The van der Waals surface area contributed by atoms with E-state index in [-0.39, 0.29) is 12.0 Å². The van der Waals surface area contributed by atoms with Gasteiger partial charge in [0.25, 0.3) is 0 Å². The van der Waals surface area contributed by atoms with Crippen molar-refractivity contribution in [1.82, 2.24) is 9.80 Å². The molecule has 3 rings (SSSR count). The van der Waals surface area contributed by atoms with Gasteiger partial charge < -0.3 is 14.9 Å². The third kappa shape index (κ3) is 3.78. The van der Waals surface area contributed by atoms with Crippen LogP contribution in [0.3, 0.4) is 0 Å². The summed E-state index contributed by atoms with van der Waals surface area (Å²) < 4.78 is 0. The molecule has 0 bridgehead atoms. The van der Waals surface area contributed by atoms with Gasteiger partial charge in [0.15, 0.2) is 0 Å². The Morgan fingerprint density at radius 3 is 2.50 bits per heavy atom. The van der Waals surface area contributed by atoms with E-state index in [0.29, 0.717) is 13.1 Å². The van der Waals surface area contributed by atoms with Gasteiger partial charge in [0, 0.05) is 38.4 Å². The fourth-order valence-electron chi connectivity index (χ4n) is 3.32. The van der Waals surface area contributed by atoms with Gasteiger partial charge in [0.1, 0.15) is 0 Å². The van der Waals surface area contributed by atoms with Gasteiger partial charge in [0.05, 0.1) is 12.6 Å². The molecule has 0 aromatic heterocycles. The van der Waals surface area contributed by atoms with Gasteiger partial charge in [-0.3, -0.25) is 9.69 Å². The van der Waals surface area contributed by atoms with E-state index in [1.165, 1.54) is 5.69 Å². The van der Waals surface area contributed by atoms with E-state index in [9.17, 15) is 9.90 Å². The highest BCUT2D eigenvalue weighted by atomic mass is 16.3. The SMILES string of the molecule is O=C(CN1CCCC(O)C1)N1CCN(c2ccccc2)CC1. The summed E-state index contributed by atoms with van der Waals surface area (Å²) in [6.45, 7) is 5.34. The van der Waals surface area contributed by atoms with Crippen LogP contribution in [0.1, 0.15) is 12.8 Å². The number of carbonyl (C=O) groups excluding carboxylic acids is 1. The molecule has 1 unspecified atom stereocenters. The Kier molecular flexibility index (Phi) is 4.95. The first kappa shape index (κ1) is 15.3. The monoisotopic (exact) mass is 303 g/mol. The average molecular weight is 303 g/mol. The van der Waals surface area contributed by atoms with Crippen LogP contribution in [-0.2, 0) is 4.79 Å². The van der Waals surface area contributed by atoms with E-state index in [1.54, 1.807) is 0 Å². The second-order valence-electron chi connectivity index (χ2n) is 6.23. The maximum absolute atomic E-state index is 12.4. The number of nitrogens with zero attached hydrogens (tertiary/aromatic N) is 3. The average Bonchev–Trinajstić information content (AvgIpc) is 2.56. The molecule has 1 N–H and O–H groups in total. The summed E-state index contributed by atoms with van der Waals surface area (Å²) in [4.78, 5) is 18.8. The molecule has 1 amide bonds. The summed E-state index contributed by atoms with van der Waals surface area (Å²) >= 11 is 0. The van der Waals surface area contributed by atoms with Gasteiger partial charge in [-0.1, -0.05) is 18.2 Å². The van der Waals surface area contributed by atoms with E-state index in [2.05, 4.69) is 34.1 Å². The minimum atomic E-state index is -0.267. The Morgan fingerprint density at radius 2 is 1.82 bits per heavy atom. The molecule has 0 spiro atoms. The zero-order valence-electron chi connectivity index (χ0n) is 13.0. The molecular weight excluding hydrogens is 278 g/mol. The molecule has 1 aromatic carbocycles. The second-order valence-corrected chi connectivity index (χ2v) is 6.23. The first-order valence-corrected chi connectivity index (χ1v) is 8.20. The van der Waals surface area contributed by atoms with Crippen molar-refractivity contribution >= 4 is 11.6 Å². The van der Waals surface area contributed by atoms with Crippen molar-refractivity contribution in [3.8, 4) is 0 Å². The molecule has 5 nitrogen and oxygen atoms in total. The topological polar surface area (TPSA) is 47.0 Å². The summed E-state index contributed by atoms with van der Waals surface area (Å²) in [7, 11) is 0. The zero-order chi connectivity index (χ0) is 15.4. The minimum absolute atomic E-state index is 0.196. The first-order valence-electron chi connectivity index (χ1n) is 8.20. The van der Waals surface area contributed by atoms with Gasteiger partial charge in [-0.25, -0.2) is 0 Å². The quantitative estimate of drug-likeness (QED) is 0.897. The molecule has 0 saturated carbocycles. The molecular formula is C17H25N3O2. The molecule has 2 heterocycles. The summed E-state index contributed by atoms with van der Waals surface area (Å²) in [6.07, 6.45) is 1.58. The summed E-state index contributed by atoms with van der Waals surface area (Å²) in [6, 6.07) is 10.4. The molecule has 2 saturated heterocycles. The van der Waals surface area contributed by atoms with Crippen molar-refractivity contribution in [2.24, 2.45) is 0 Å². The van der Waals surface area contributed by atoms with Crippen LogP contribution < -0.4 is 4.90 Å². The lowest BCUT2D eigenvalue weighted by atomic mass is 10.1. The van der Waals surface area contributed by atoms with E-state index >= 15 is 0 Å². The van der Waals surface area contributed by atoms with Crippen LogP contribution in [0, 0.1) is 0 Å². The van der Waals surface area contributed by atoms with E-state index in [1.807, 2.05) is 11.0 Å². The van der Waals surface area contributed by atoms with Gasteiger partial charge in [-0.15, -0.1) is 0 Å². The lowest BCUT2D eigenvalue weighted by molar-refractivity contribution is -0.133. The minimum Gasteiger partial charge on any atom is -0.392 e. The Bertz CT molecular complexity index is 486. The van der Waals surface area contributed by atoms with Gasteiger partial charge >= 0.3 is 0 Å². The molecule has 120 valence electrons. The number of carbonyl (C=O) groups is 1. The maximum Gasteiger partial charge on any atom is 0.236 e. The van der Waals surface area contributed by atoms with Gasteiger partial charge in [-0.2, -0.15) is 0 Å². The van der Waals surface area contributed by atoms with Crippen molar-refractivity contribution in [3.05, 3.63) is 30.3 Å². The normalized spacial score (nSPS) is 23.6. The number of amides is 1. The van der Waals surface area contributed by atoms with Crippen LogP contribution in [0.25, 0.3) is 0 Å². The van der Waals surface area contributed by atoms with E-state index < -0.39 is 0 Å². The van der Waals surface area contributed by atoms with Crippen LogP contribution in [-0.4, -0.2) is 72.7 Å².